The molecule has 134 valence electrons. The molecule has 0 aliphatic heterocycles. The van der Waals surface area contributed by atoms with Crippen molar-refractivity contribution in [2.24, 2.45) is 0 Å². The van der Waals surface area contributed by atoms with Gasteiger partial charge in [-0.3, -0.25) is 4.72 Å². The highest BCUT2D eigenvalue weighted by molar-refractivity contribution is 7.92. The van der Waals surface area contributed by atoms with Crippen molar-refractivity contribution in [2.75, 3.05) is 4.72 Å². The van der Waals surface area contributed by atoms with E-state index in [1.807, 2.05) is 26.0 Å². The molecule has 0 aliphatic carbocycles. The van der Waals surface area contributed by atoms with Gasteiger partial charge in [0.25, 0.3) is 10.0 Å². The highest BCUT2D eigenvalue weighted by Crippen LogP contribution is 2.26. The zero-order chi connectivity index (χ0) is 18.7. The van der Waals surface area contributed by atoms with Crippen molar-refractivity contribution in [3.05, 3.63) is 83.9 Å². The number of nitrogens with one attached hydrogen (secondary N) is 1. The average Bonchev–Trinajstić information content (AvgIpc) is 2.62. The molecule has 3 rings (SSSR count). The van der Waals surface area contributed by atoms with Gasteiger partial charge in [0.15, 0.2) is 0 Å². The first-order valence-corrected chi connectivity index (χ1v) is 10.7. The third-order valence-electron chi connectivity index (χ3n) is 3.90. The first-order chi connectivity index (χ1) is 12.4. The Kier molecular flexibility index (Phi) is 5.25. The van der Waals surface area contributed by atoms with Crippen LogP contribution in [0.4, 0.5) is 5.69 Å². The van der Waals surface area contributed by atoms with Gasteiger partial charge in [0, 0.05) is 4.90 Å². The molecule has 4 nitrogen and oxygen atoms in total. The van der Waals surface area contributed by atoms with Gasteiger partial charge in [0.05, 0.1) is 26.3 Å². The van der Waals surface area contributed by atoms with Gasteiger partial charge in [-0.1, -0.05) is 47.5 Å². The molecular weight excluding hydrogens is 366 g/mol. The quantitative estimate of drug-likeness (QED) is 0.713. The summed E-state index contributed by atoms with van der Waals surface area (Å²) < 4.78 is 40.8. The van der Waals surface area contributed by atoms with Crippen LogP contribution in [0.1, 0.15) is 11.1 Å². The Labute approximate surface area is 156 Å². The van der Waals surface area contributed by atoms with Crippen molar-refractivity contribution < 1.29 is 12.6 Å². The zero-order valence-electron chi connectivity index (χ0n) is 14.5. The van der Waals surface area contributed by atoms with Crippen molar-refractivity contribution in [1.82, 2.24) is 0 Å². The van der Waals surface area contributed by atoms with Gasteiger partial charge < -0.3 is 0 Å². The molecule has 0 spiro atoms. The first kappa shape index (κ1) is 18.4. The number of anilines is 1. The molecule has 1 atom stereocenters. The predicted octanol–water partition coefficient (Wildman–Crippen LogP) is 4.27. The predicted molar refractivity (Wildman–Crippen MR) is 104 cm³/mol. The lowest BCUT2D eigenvalue weighted by molar-refractivity contribution is 0.601. The van der Waals surface area contributed by atoms with E-state index in [0.29, 0.717) is 15.5 Å². The van der Waals surface area contributed by atoms with E-state index in [9.17, 15) is 12.6 Å². The summed E-state index contributed by atoms with van der Waals surface area (Å²) in [4.78, 5) is 1.21. The van der Waals surface area contributed by atoms with Crippen molar-refractivity contribution >= 4 is 26.5 Å². The van der Waals surface area contributed by atoms with Crippen LogP contribution in [0.15, 0.2) is 87.5 Å². The molecule has 0 aliphatic rings. The Hall–Kier alpha value is -2.44. The molecule has 0 saturated heterocycles. The molecule has 6 heteroatoms. The van der Waals surface area contributed by atoms with Crippen LogP contribution in [-0.4, -0.2) is 12.6 Å². The third kappa shape index (κ3) is 4.03. The number of benzene rings is 3. The van der Waals surface area contributed by atoms with Crippen LogP contribution in [0.25, 0.3) is 0 Å². The number of rotatable bonds is 5. The van der Waals surface area contributed by atoms with Gasteiger partial charge in [0.2, 0.25) is 0 Å². The van der Waals surface area contributed by atoms with Crippen LogP contribution in [0.3, 0.4) is 0 Å². The fourth-order valence-corrected chi connectivity index (χ4v) is 4.73. The summed E-state index contributed by atoms with van der Waals surface area (Å²) >= 11 is 0. The molecule has 0 aromatic heterocycles. The Morgan fingerprint density at radius 1 is 0.769 bits per heavy atom. The van der Waals surface area contributed by atoms with Crippen molar-refractivity contribution in [2.45, 2.75) is 28.5 Å². The van der Waals surface area contributed by atoms with Crippen LogP contribution in [0.5, 0.6) is 0 Å². The molecule has 3 aromatic carbocycles. The van der Waals surface area contributed by atoms with E-state index in [4.69, 9.17) is 0 Å². The Balaban J connectivity index is 1.95. The third-order valence-corrected chi connectivity index (χ3v) is 6.73. The fraction of sp³-hybridized carbons (Fsp3) is 0.100. The largest absolute Gasteiger partial charge is 0.278 e. The van der Waals surface area contributed by atoms with E-state index in [1.54, 1.807) is 60.7 Å². The maximum atomic E-state index is 12.9. The molecule has 0 amide bonds. The molecule has 26 heavy (non-hydrogen) atoms. The standard InChI is InChI=1S/C20H19NO3S2/c1-15-7-11-17(12-8-15)25(22)20-6-4-3-5-19(20)21-26(23,24)18-13-9-16(2)10-14-18/h3-14,21H,1-2H3. The minimum Gasteiger partial charge on any atom is -0.278 e. The summed E-state index contributed by atoms with van der Waals surface area (Å²) in [6.45, 7) is 3.85. The second-order valence-corrected chi connectivity index (χ2v) is 9.13. The number of hydrogen-bond acceptors (Lipinski definition) is 3. The van der Waals surface area contributed by atoms with E-state index in [0.717, 1.165) is 11.1 Å². The molecular formula is C20H19NO3S2. The van der Waals surface area contributed by atoms with Crippen LogP contribution in [0, 0.1) is 13.8 Å². The topological polar surface area (TPSA) is 63.2 Å². The minimum atomic E-state index is -3.76. The van der Waals surface area contributed by atoms with E-state index < -0.39 is 20.8 Å². The second kappa shape index (κ2) is 7.43. The van der Waals surface area contributed by atoms with Crippen LogP contribution < -0.4 is 4.72 Å². The Bertz CT molecular complexity index is 1040. The van der Waals surface area contributed by atoms with Crippen LogP contribution >= 0.6 is 0 Å². The molecule has 3 aromatic rings. The van der Waals surface area contributed by atoms with E-state index in [-0.39, 0.29) is 4.90 Å². The highest BCUT2D eigenvalue weighted by Gasteiger charge is 2.18. The summed E-state index contributed by atoms with van der Waals surface area (Å²) in [5, 5.41) is 0. The number of hydrogen-bond donors (Lipinski definition) is 1. The van der Waals surface area contributed by atoms with Crippen molar-refractivity contribution in [3.63, 3.8) is 0 Å². The molecule has 0 heterocycles. The Morgan fingerprint density at radius 3 is 1.92 bits per heavy atom. The SMILES string of the molecule is Cc1ccc(S(=O)c2ccccc2NS(=O)(=O)c2ccc(C)cc2)cc1. The lowest BCUT2D eigenvalue weighted by Gasteiger charge is -2.13. The van der Waals surface area contributed by atoms with Crippen LogP contribution in [-0.2, 0) is 20.8 Å². The van der Waals surface area contributed by atoms with Gasteiger partial charge in [-0.15, -0.1) is 0 Å². The molecule has 0 saturated carbocycles. The van der Waals surface area contributed by atoms with Gasteiger partial charge >= 0.3 is 0 Å². The second-order valence-electron chi connectivity index (χ2n) is 6.00. The van der Waals surface area contributed by atoms with Crippen molar-refractivity contribution in [3.8, 4) is 0 Å². The van der Waals surface area contributed by atoms with E-state index in [2.05, 4.69) is 4.72 Å². The molecule has 0 radical (unpaired) electrons. The Morgan fingerprint density at radius 2 is 1.31 bits per heavy atom. The monoisotopic (exact) mass is 385 g/mol. The average molecular weight is 386 g/mol. The lowest BCUT2D eigenvalue weighted by atomic mass is 10.2. The normalized spacial score (nSPS) is 12.5. The highest BCUT2D eigenvalue weighted by atomic mass is 32.2. The molecule has 0 bridgehead atoms. The molecule has 1 unspecified atom stereocenters. The first-order valence-electron chi connectivity index (χ1n) is 8.04. The van der Waals surface area contributed by atoms with Crippen molar-refractivity contribution in [1.29, 1.82) is 0 Å². The fourth-order valence-electron chi connectivity index (χ4n) is 2.42. The summed E-state index contributed by atoms with van der Waals surface area (Å²) in [5.74, 6) is 0. The van der Waals surface area contributed by atoms with Gasteiger partial charge in [-0.05, 0) is 50.2 Å². The van der Waals surface area contributed by atoms with Gasteiger partial charge in [0.1, 0.15) is 0 Å². The number of sulfonamides is 1. The van der Waals surface area contributed by atoms with E-state index in [1.165, 1.54) is 0 Å². The summed E-state index contributed by atoms with van der Waals surface area (Å²) in [6.07, 6.45) is 0. The maximum Gasteiger partial charge on any atom is 0.261 e. The number of aryl methyl sites for hydroxylation is 2. The van der Waals surface area contributed by atoms with Gasteiger partial charge in [-0.2, -0.15) is 0 Å². The minimum absolute atomic E-state index is 0.166. The smallest absolute Gasteiger partial charge is 0.261 e. The van der Waals surface area contributed by atoms with Gasteiger partial charge in [-0.25, -0.2) is 12.6 Å². The van der Waals surface area contributed by atoms with E-state index >= 15 is 0 Å². The molecule has 0 fully saturated rings. The lowest BCUT2D eigenvalue weighted by Crippen LogP contribution is -2.14. The summed E-state index contributed by atoms with van der Waals surface area (Å²) in [6, 6.07) is 20.7. The summed E-state index contributed by atoms with van der Waals surface area (Å²) in [7, 11) is -5.25. The summed E-state index contributed by atoms with van der Waals surface area (Å²) in [5.41, 5.74) is 2.36. The molecule has 1 N–H and O–H groups in total. The number of para-hydroxylation sites is 1. The zero-order valence-corrected chi connectivity index (χ0v) is 16.1. The van der Waals surface area contributed by atoms with Crippen LogP contribution in [0.2, 0.25) is 0 Å². The maximum absolute atomic E-state index is 12.9.